The highest BCUT2D eigenvalue weighted by Crippen LogP contribution is 2.28. The standard InChI is InChI=1S/C17H20N4O3/c1-12-11-13(16(22)23)19-17(18-12)21-9-7-20(8-10-21)14-5-3-4-6-15(14)24-2/h3-6,11H,7-10H2,1-2H3,(H,22,23). The van der Waals surface area contributed by atoms with E-state index in [0.29, 0.717) is 11.6 Å². The SMILES string of the molecule is COc1ccccc1N1CCN(c2nc(C)cc(C(=O)O)n2)CC1. The first-order valence-electron chi connectivity index (χ1n) is 7.80. The van der Waals surface area contributed by atoms with Gasteiger partial charge in [0.05, 0.1) is 12.8 Å². The number of aromatic carboxylic acids is 1. The smallest absolute Gasteiger partial charge is 0.354 e. The minimum absolute atomic E-state index is 0.0321. The lowest BCUT2D eigenvalue weighted by Crippen LogP contribution is -2.47. The summed E-state index contributed by atoms with van der Waals surface area (Å²) in [5.41, 5.74) is 1.75. The Hall–Kier alpha value is -2.83. The van der Waals surface area contributed by atoms with Crippen molar-refractivity contribution in [3.8, 4) is 5.75 Å². The molecule has 3 rings (SSSR count). The van der Waals surface area contributed by atoms with Crippen LogP contribution in [0.15, 0.2) is 30.3 Å². The average molecular weight is 328 g/mol. The fraction of sp³-hybridized carbons (Fsp3) is 0.353. The number of ether oxygens (including phenoxy) is 1. The van der Waals surface area contributed by atoms with E-state index in [1.54, 1.807) is 14.0 Å². The van der Waals surface area contributed by atoms with E-state index in [1.165, 1.54) is 6.07 Å². The molecule has 2 aromatic rings. The van der Waals surface area contributed by atoms with Crippen molar-refractivity contribution >= 4 is 17.6 Å². The van der Waals surface area contributed by atoms with Crippen LogP contribution >= 0.6 is 0 Å². The summed E-state index contributed by atoms with van der Waals surface area (Å²) in [7, 11) is 1.67. The topological polar surface area (TPSA) is 78.8 Å². The molecular formula is C17H20N4O3. The zero-order chi connectivity index (χ0) is 17.1. The first-order chi connectivity index (χ1) is 11.6. The number of hydrogen-bond acceptors (Lipinski definition) is 6. The quantitative estimate of drug-likeness (QED) is 0.917. The summed E-state index contributed by atoms with van der Waals surface area (Å²) in [6.45, 7) is 4.81. The van der Waals surface area contributed by atoms with Crippen LogP contribution in [0.3, 0.4) is 0 Å². The Morgan fingerprint density at radius 1 is 1.12 bits per heavy atom. The van der Waals surface area contributed by atoms with Gasteiger partial charge in [-0.1, -0.05) is 12.1 Å². The van der Waals surface area contributed by atoms with E-state index in [0.717, 1.165) is 37.6 Å². The molecule has 0 spiro atoms. The molecule has 1 aliphatic rings. The third-order valence-electron chi connectivity index (χ3n) is 4.05. The summed E-state index contributed by atoms with van der Waals surface area (Å²) in [5, 5.41) is 9.15. The minimum atomic E-state index is -1.03. The van der Waals surface area contributed by atoms with E-state index in [-0.39, 0.29) is 5.69 Å². The number of para-hydroxylation sites is 2. The van der Waals surface area contributed by atoms with Crippen LogP contribution in [0.25, 0.3) is 0 Å². The lowest BCUT2D eigenvalue weighted by atomic mass is 10.2. The van der Waals surface area contributed by atoms with Crippen molar-refractivity contribution in [3.63, 3.8) is 0 Å². The summed E-state index contributed by atoms with van der Waals surface area (Å²) < 4.78 is 5.42. The Morgan fingerprint density at radius 3 is 2.46 bits per heavy atom. The molecule has 1 fully saturated rings. The van der Waals surface area contributed by atoms with E-state index in [4.69, 9.17) is 9.84 Å². The highest BCUT2D eigenvalue weighted by Gasteiger charge is 2.22. The number of benzene rings is 1. The third-order valence-corrected chi connectivity index (χ3v) is 4.05. The van der Waals surface area contributed by atoms with Crippen molar-refractivity contribution in [1.82, 2.24) is 9.97 Å². The van der Waals surface area contributed by atoms with Gasteiger partial charge in [-0.25, -0.2) is 14.8 Å². The maximum atomic E-state index is 11.2. The molecule has 126 valence electrons. The number of hydrogen-bond donors (Lipinski definition) is 1. The maximum absolute atomic E-state index is 11.2. The number of aromatic nitrogens is 2. The van der Waals surface area contributed by atoms with Crippen LogP contribution in [0.5, 0.6) is 5.75 Å². The number of carboxylic acids is 1. The van der Waals surface area contributed by atoms with Gasteiger partial charge in [0.15, 0.2) is 5.69 Å². The van der Waals surface area contributed by atoms with E-state index < -0.39 is 5.97 Å². The Bertz CT molecular complexity index is 742. The fourth-order valence-electron chi connectivity index (χ4n) is 2.84. The van der Waals surface area contributed by atoms with Crippen LogP contribution in [-0.4, -0.2) is 54.3 Å². The van der Waals surface area contributed by atoms with Crippen LogP contribution < -0.4 is 14.5 Å². The second-order valence-electron chi connectivity index (χ2n) is 5.65. The largest absolute Gasteiger partial charge is 0.495 e. The summed E-state index contributed by atoms with van der Waals surface area (Å²) in [6, 6.07) is 9.42. The number of nitrogens with zero attached hydrogens (tertiary/aromatic N) is 4. The van der Waals surface area contributed by atoms with E-state index >= 15 is 0 Å². The molecule has 0 amide bonds. The number of carbonyl (C=O) groups is 1. The Balaban J connectivity index is 1.75. The molecule has 2 heterocycles. The molecule has 1 aromatic heterocycles. The second kappa shape index (κ2) is 6.74. The molecule has 0 saturated carbocycles. The van der Waals surface area contributed by atoms with Gasteiger partial charge in [0.1, 0.15) is 5.75 Å². The molecule has 1 saturated heterocycles. The van der Waals surface area contributed by atoms with Gasteiger partial charge in [-0.2, -0.15) is 0 Å². The van der Waals surface area contributed by atoms with Gasteiger partial charge in [-0.15, -0.1) is 0 Å². The van der Waals surface area contributed by atoms with Gasteiger partial charge in [0.25, 0.3) is 0 Å². The van der Waals surface area contributed by atoms with E-state index in [9.17, 15) is 4.79 Å². The molecule has 1 aliphatic heterocycles. The number of aryl methyl sites for hydroxylation is 1. The highest BCUT2D eigenvalue weighted by atomic mass is 16.5. The highest BCUT2D eigenvalue weighted by molar-refractivity contribution is 5.85. The molecule has 0 atom stereocenters. The number of carboxylic acid groups (broad SMARTS) is 1. The predicted octanol–water partition coefficient (Wildman–Crippen LogP) is 1.82. The number of piperazine rings is 1. The Kier molecular flexibility index (Phi) is 4.50. The monoisotopic (exact) mass is 328 g/mol. The van der Waals surface area contributed by atoms with E-state index in [1.807, 2.05) is 29.2 Å². The summed E-state index contributed by atoms with van der Waals surface area (Å²) in [4.78, 5) is 24.0. The van der Waals surface area contributed by atoms with Crippen molar-refractivity contribution in [3.05, 3.63) is 41.7 Å². The molecule has 1 N–H and O–H groups in total. The van der Waals surface area contributed by atoms with Gasteiger partial charge in [0, 0.05) is 31.9 Å². The lowest BCUT2D eigenvalue weighted by Gasteiger charge is -2.36. The summed E-state index contributed by atoms with van der Waals surface area (Å²) >= 11 is 0. The van der Waals surface area contributed by atoms with Crippen molar-refractivity contribution in [2.24, 2.45) is 0 Å². The summed E-state index contributed by atoms with van der Waals surface area (Å²) in [6.07, 6.45) is 0. The number of methoxy groups -OCH3 is 1. The van der Waals surface area contributed by atoms with Crippen molar-refractivity contribution in [2.45, 2.75) is 6.92 Å². The average Bonchev–Trinajstić information content (AvgIpc) is 2.61. The van der Waals surface area contributed by atoms with Crippen LogP contribution in [0.1, 0.15) is 16.2 Å². The molecule has 0 bridgehead atoms. The van der Waals surface area contributed by atoms with Crippen molar-refractivity contribution < 1.29 is 14.6 Å². The predicted molar refractivity (Wildman–Crippen MR) is 91.1 cm³/mol. The molecule has 0 unspecified atom stereocenters. The van der Waals surface area contributed by atoms with Crippen molar-refractivity contribution in [1.29, 1.82) is 0 Å². The molecule has 0 aliphatic carbocycles. The first kappa shape index (κ1) is 16.0. The molecular weight excluding hydrogens is 308 g/mol. The number of rotatable bonds is 4. The Morgan fingerprint density at radius 2 is 1.79 bits per heavy atom. The number of anilines is 2. The first-order valence-corrected chi connectivity index (χ1v) is 7.80. The van der Waals surface area contributed by atoms with Gasteiger partial charge in [-0.3, -0.25) is 0 Å². The van der Waals surface area contributed by atoms with Crippen LogP contribution in [0, 0.1) is 6.92 Å². The van der Waals surface area contributed by atoms with E-state index in [2.05, 4.69) is 14.9 Å². The van der Waals surface area contributed by atoms with Gasteiger partial charge >= 0.3 is 5.97 Å². The van der Waals surface area contributed by atoms with Gasteiger partial charge in [0.2, 0.25) is 5.95 Å². The van der Waals surface area contributed by atoms with Crippen LogP contribution in [-0.2, 0) is 0 Å². The Labute approximate surface area is 140 Å². The van der Waals surface area contributed by atoms with Gasteiger partial charge < -0.3 is 19.6 Å². The normalized spacial score (nSPS) is 14.6. The minimum Gasteiger partial charge on any atom is -0.495 e. The summed E-state index contributed by atoms with van der Waals surface area (Å²) in [5.74, 6) is 0.299. The molecule has 0 radical (unpaired) electrons. The molecule has 7 nitrogen and oxygen atoms in total. The molecule has 24 heavy (non-hydrogen) atoms. The maximum Gasteiger partial charge on any atom is 0.354 e. The zero-order valence-corrected chi connectivity index (χ0v) is 13.8. The van der Waals surface area contributed by atoms with Gasteiger partial charge in [-0.05, 0) is 25.1 Å². The molecule has 7 heteroatoms. The van der Waals surface area contributed by atoms with Crippen molar-refractivity contribution in [2.75, 3.05) is 43.1 Å². The zero-order valence-electron chi connectivity index (χ0n) is 13.8. The van der Waals surface area contributed by atoms with Crippen LogP contribution in [0.2, 0.25) is 0 Å². The third kappa shape index (κ3) is 3.24. The molecule has 1 aromatic carbocycles. The lowest BCUT2D eigenvalue weighted by molar-refractivity contribution is 0.0690. The van der Waals surface area contributed by atoms with Crippen LogP contribution in [0.4, 0.5) is 11.6 Å². The fourth-order valence-corrected chi connectivity index (χ4v) is 2.84. The second-order valence-corrected chi connectivity index (χ2v) is 5.65.